The smallest absolute Gasteiger partial charge is 0.0410 e. The van der Waals surface area contributed by atoms with Gasteiger partial charge >= 0.3 is 0 Å². The van der Waals surface area contributed by atoms with Gasteiger partial charge < -0.3 is 10.6 Å². The van der Waals surface area contributed by atoms with E-state index < -0.39 is 0 Å². The monoisotopic (exact) mass is 288 g/mol. The van der Waals surface area contributed by atoms with Gasteiger partial charge in [0.25, 0.3) is 0 Å². The average Bonchev–Trinajstić information content (AvgIpc) is 2.46. The van der Waals surface area contributed by atoms with E-state index in [4.69, 9.17) is 17.3 Å². The molecular weight excluding hydrogens is 268 g/mol. The topological polar surface area (TPSA) is 29.3 Å². The number of benzene rings is 2. The maximum absolute atomic E-state index is 6.07. The van der Waals surface area contributed by atoms with Gasteiger partial charge in [-0.2, -0.15) is 0 Å². The van der Waals surface area contributed by atoms with Crippen molar-refractivity contribution in [3.8, 4) is 0 Å². The predicted octanol–water partition coefficient (Wildman–Crippen LogP) is 3.52. The summed E-state index contributed by atoms with van der Waals surface area (Å²) in [6, 6.07) is 16.6. The van der Waals surface area contributed by atoms with Crippen LogP contribution in [0.15, 0.2) is 48.5 Å². The lowest BCUT2D eigenvalue weighted by Crippen LogP contribution is -2.22. The molecule has 0 unspecified atom stereocenters. The summed E-state index contributed by atoms with van der Waals surface area (Å²) < 4.78 is 0. The fourth-order valence-electron chi connectivity index (χ4n) is 2.34. The van der Waals surface area contributed by atoms with Crippen molar-refractivity contribution in [1.82, 2.24) is 0 Å². The van der Waals surface area contributed by atoms with Crippen LogP contribution in [0.4, 0.5) is 5.69 Å². The van der Waals surface area contributed by atoms with Crippen LogP contribution in [0.3, 0.4) is 0 Å². The molecule has 2 rings (SSSR count). The largest absolute Gasteiger partial charge is 0.374 e. The van der Waals surface area contributed by atoms with Crippen molar-refractivity contribution in [2.45, 2.75) is 12.8 Å². The Hall–Kier alpha value is -1.51. The summed E-state index contributed by atoms with van der Waals surface area (Å²) in [4.78, 5) is 2.27. The minimum absolute atomic E-state index is 0.639. The van der Waals surface area contributed by atoms with Crippen LogP contribution >= 0.6 is 11.6 Å². The van der Waals surface area contributed by atoms with Gasteiger partial charge in [-0.1, -0.05) is 41.9 Å². The maximum Gasteiger partial charge on any atom is 0.0410 e. The van der Waals surface area contributed by atoms with Crippen LogP contribution in [-0.4, -0.2) is 20.1 Å². The van der Waals surface area contributed by atoms with Crippen LogP contribution in [0, 0.1) is 0 Å². The number of nitrogens with zero attached hydrogens (tertiary/aromatic N) is 1. The van der Waals surface area contributed by atoms with Gasteiger partial charge in [0.05, 0.1) is 0 Å². The summed E-state index contributed by atoms with van der Waals surface area (Å²) in [5, 5.41) is 0.772. The summed E-state index contributed by atoms with van der Waals surface area (Å²) in [5.41, 5.74) is 9.47. The zero-order valence-corrected chi connectivity index (χ0v) is 12.6. The molecule has 2 aromatic rings. The van der Waals surface area contributed by atoms with Gasteiger partial charge in [-0.05, 0) is 48.7 Å². The first-order chi connectivity index (χ1) is 9.70. The fourth-order valence-corrected chi connectivity index (χ4v) is 2.54. The molecule has 2 nitrogen and oxygen atoms in total. The van der Waals surface area contributed by atoms with Crippen molar-refractivity contribution in [2.75, 3.05) is 25.0 Å². The van der Waals surface area contributed by atoms with Crippen molar-refractivity contribution < 1.29 is 0 Å². The Bertz CT molecular complexity index is 540. The van der Waals surface area contributed by atoms with Crippen LogP contribution in [-0.2, 0) is 12.8 Å². The van der Waals surface area contributed by atoms with Crippen molar-refractivity contribution >= 4 is 17.3 Å². The standard InChI is InChI=1S/C17H21ClN2/c1-20(12-10-14-5-3-2-4-6-14)17-8-7-16(18)13-15(17)9-11-19/h2-8,13H,9-12,19H2,1H3. The lowest BCUT2D eigenvalue weighted by atomic mass is 10.1. The van der Waals surface area contributed by atoms with E-state index in [0.717, 1.165) is 24.4 Å². The highest BCUT2D eigenvalue weighted by Crippen LogP contribution is 2.24. The van der Waals surface area contributed by atoms with Crippen molar-refractivity contribution in [3.63, 3.8) is 0 Å². The summed E-state index contributed by atoms with van der Waals surface area (Å²) in [6.07, 6.45) is 1.88. The van der Waals surface area contributed by atoms with E-state index in [2.05, 4.69) is 42.3 Å². The first kappa shape index (κ1) is 14.9. The zero-order chi connectivity index (χ0) is 14.4. The molecule has 0 aliphatic carbocycles. The van der Waals surface area contributed by atoms with Gasteiger partial charge in [-0.15, -0.1) is 0 Å². The highest BCUT2D eigenvalue weighted by molar-refractivity contribution is 6.30. The molecule has 0 bridgehead atoms. The number of nitrogens with two attached hydrogens (primary N) is 1. The van der Waals surface area contributed by atoms with Crippen LogP contribution in [0.1, 0.15) is 11.1 Å². The second kappa shape index (κ2) is 7.32. The molecule has 0 amide bonds. The minimum atomic E-state index is 0.639. The zero-order valence-electron chi connectivity index (χ0n) is 11.8. The van der Waals surface area contributed by atoms with Crippen molar-refractivity contribution in [1.29, 1.82) is 0 Å². The van der Waals surface area contributed by atoms with Gasteiger partial charge in [0.1, 0.15) is 0 Å². The van der Waals surface area contributed by atoms with Gasteiger partial charge in [0.15, 0.2) is 0 Å². The van der Waals surface area contributed by atoms with Gasteiger partial charge in [0.2, 0.25) is 0 Å². The van der Waals surface area contributed by atoms with Crippen LogP contribution in [0.25, 0.3) is 0 Å². The third-order valence-corrected chi connectivity index (χ3v) is 3.68. The van der Waals surface area contributed by atoms with Crippen molar-refractivity contribution in [3.05, 3.63) is 64.7 Å². The molecule has 2 aromatic carbocycles. The van der Waals surface area contributed by atoms with E-state index in [0.29, 0.717) is 6.54 Å². The molecule has 0 aliphatic rings. The number of halogens is 1. The fraction of sp³-hybridized carbons (Fsp3) is 0.294. The molecule has 0 radical (unpaired) electrons. The Morgan fingerprint density at radius 2 is 1.80 bits per heavy atom. The minimum Gasteiger partial charge on any atom is -0.374 e. The van der Waals surface area contributed by atoms with E-state index in [1.165, 1.54) is 16.8 Å². The summed E-state index contributed by atoms with van der Waals surface area (Å²) in [7, 11) is 2.12. The second-order valence-corrected chi connectivity index (χ2v) is 5.41. The lowest BCUT2D eigenvalue weighted by molar-refractivity contribution is 0.861. The van der Waals surface area contributed by atoms with Crippen LogP contribution in [0.2, 0.25) is 5.02 Å². The number of likely N-dealkylation sites (N-methyl/N-ethyl adjacent to an activating group) is 1. The van der Waals surface area contributed by atoms with Gasteiger partial charge in [-0.25, -0.2) is 0 Å². The molecule has 0 fully saturated rings. The molecule has 0 aromatic heterocycles. The summed E-state index contributed by atoms with van der Waals surface area (Å²) in [5.74, 6) is 0. The molecule has 0 saturated carbocycles. The third kappa shape index (κ3) is 3.99. The number of hydrogen-bond donors (Lipinski definition) is 1. The molecule has 3 heteroatoms. The Kier molecular flexibility index (Phi) is 5.45. The SMILES string of the molecule is CN(CCc1ccccc1)c1ccc(Cl)cc1CCN. The molecule has 0 aliphatic heterocycles. The van der Waals surface area contributed by atoms with Gasteiger partial charge in [-0.3, -0.25) is 0 Å². The Morgan fingerprint density at radius 1 is 1.05 bits per heavy atom. The van der Waals surface area contributed by atoms with E-state index in [1.54, 1.807) is 0 Å². The third-order valence-electron chi connectivity index (χ3n) is 3.45. The molecule has 0 heterocycles. The maximum atomic E-state index is 6.07. The van der Waals surface area contributed by atoms with E-state index in [-0.39, 0.29) is 0 Å². The molecular formula is C17H21ClN2. The summed E-state index contributed by atoms with van der Waals surface area (Å²) >= 11 is 6.07. The molecule has 2 N–H and O–H groups in total. The van der Waals surface area contributed by atoms with E-state index >= 15 is 0 Å². The lowest BCUT2D eigenvalue weighted by Gasteiger charge is -2.22. The molecule has 0 saturated heterocycles. The average molecular weight is 289 g/mol. The highest BCUT2D eigenvalue weighted by Gasteiger charge is 2.08. The Morgan fingerprint density at radius 3 is 2.50 bits per heavy atom. The molecule has 20 heavy (non-hydrogen) atoms. The van der Waals surface area contributed by atoms with E-state index in [1.807, 2.05) is 18.2 Å². The quantitative estimate of drug-likeness (QED) is 0.881. The number of rotatable bonds is 6. The van der Waals surface area contributed by atoms with Crippen LogP contribution < -0.4 is 10.6 Å². The molecule has 0 atom stereocenters. The van der Waals surface area contributed by atoms with Crippen LogP contribution in [0.5, 0.6) is 0 Å². The Balaban J connectivity index is 2.06. The first-order valence-electron chi connectivity index (χ1n) is 6.94. The molecule has 106 valence electrons. The summed E-state index contributed by atoms with van der Waals surface area (Å²) in [6.45, 7) is 1.61. The normalized spacial score (nSPS) is 10.6. The number of hydrogen-bond acceptors (Lipinski definition) is 2. The van der Waals surface area contributed by atoms with Crippen molar-refractivity contribution in [2.24, 2.45) is 5.73 Å². The highest BCUT2D eigenvalue weighted by atomic mass is 35.5. The first-order valence-corrected chi connectivity index (χ1v) is 7.32. The van der Waals surface area contributed by atoms with Gasteiger partial charge in [0, 0.05) is 24.3 Å². The predicted molar refractivity (Wildman–Crippen MR) is 87.6 cm³/mol. The number of anilines is 1. The molecule has 0 spiro atoms. The Labute approximate surface area is 126 Å². The van der Waals surface area contributed by atoms with E-state index in [9.17, 15) is 0 Å². The second-order valence-electron chi connectivity index (χ2n) is 4.97.